The average molecular weight is 299 g/mol. The highest BCUT2D eigenvalue weighted by Crippen LogP contribution is 2.24. The maximum Gasteiger partial charge on any atom is 0.127 e. The van der Waals surface area contributed by atoms with Gasteiger partial charge in [-0.2, -0.15) is 0 Å². The molecule has 0 fully saturated rings. The minimum atomic E-state index is 0.144. The smallest absolute Gasteiger partial charge is 0.127 e. The SMILES string of the molecule is Cc1ccc(Oc2ccc(/C=N/SC(C)(C)C)cc2)cc1. The van der Waals surface area contributed by atoms with Gasteiger partial charge in [0.2, 0.25) is 0 Å². The summed E-state index contributed by atoms with van der Waals surface area (Å²) in [6.45, 7) is 8.50. The van der Waals surface area contributed by atoms with Crippen LogP contribution in [-0.4, -0.2) is 11.0 Å². The Hall–Kier alpha value is -1.74. The normalized spacial score (nSPS) is 11.8. The van der Waals surface area contributed by atoms with Crippen LogP contribution in [0.1, 0.15) is 31.9 Å². The Morgan fingerprint density at radius 1 is 0.905 bits per heavy atom. The second kappa shape index (κ2) is 6.81. The monoisotopic (exact) mass is 299 g/mol. The lowest BCUT2D eigenvalue weighted by Crippen LogP contribution is -2.04. The predicted molar refractivity (Wildman–Crippen MR) is 92.6 cm³/mol. The van der Waals surface area contributed by atoms with Crippen LogP contribution < -0.4 is 4.74 Å². The van der Waals surface area contributed by atoms with Gasteiger partial charge in [-0.05, 0) is 81.6 Å². The molecule has 0 saturated heterocycles. The molecule has 2 rings (SSSR count). The first-order valence-electron chi connectivity index (χ1n) is 6.98. The molecule has 0 N–H and O–H groups in total. The Labute approximate surface area is 131 Å². The Bertz CT molecular complexity index is 595. The Balaban J connectivity index is 1.97. The lowest BCUT2D eigenvalue weighted by atomic mass is 10.2. The minimum Gasteiger partial charge on any atom is -0.457 e. The summed E-state index contributed by atoms with van der Waals surface area (Å²) >= 11 is 1.57. The number of nitrogens with zero attached hydrogens (tertiary/aromatic N) is 1. The molecule has 0 aliphatic carbocycles. The number of aryl methyl sites for hydroxylation is 1. The molecule has 3 heteroatoms. The van der Waals surface area contributed by atoms with E-state index in [4.69, 9.17) is 4.74 Å². The van der Waals surface area contributed by atoms with Gasteiger partial charge in [0, 0.05) is 11.0 Å². The highest BCUT2D eigenvalue weighted by Gasteiger charge is 2.08. The van der Waals surface area contributed by atoms with Crippen molar-refractivity contribution >= 4 is 18.2 Å². The van der Waals surface area contributed by atoms with Crippen LogP contribution in [0.2, 0.25) is 0 Å². The van der Waals surface area contributed by atoms with Crippen molar-refractivity contribution in [3.05, 3.63) is 59.7 Å². The Morgan fingerprint density at radius 2 is 1.43 bits per heavy atom. The van der Waals surface area contributed by atoms with Crippen molar-refractivity contribution < 1.29 is 4.74 Å². The standard InChI is InChI=1S/C18H21NOS/c1-14-5-9-16(10-6-14)20-17-11-7-15(8-12-17)13-19-21-18(2,3)4/h5-13H,1-4H3/b19-13+. The van der Waals surface area contributed by atoms with Gasteiger partial charge in [0.1, 0.15) is 11.5 Å². The van der Waals surface area contributed by atoms with Gasteiger partial charge in [0.15, 0.2) is 0 Å². The van der Waals surface area contributed by atoms with E-state index in [2.05, 4.69) is 32.1 Å². The molecule has 0 spiro atoms. The van der Waals surface area contributed by atoms with Gasteiger partial charge in [0.05, 0.1) is 0 Å². The van der Waals surface area contributed by atoms with E-state index in [0.29, 0.717) is 0 Å². The topological polar surface area (TPSA) is 21.6 Å². The molecule has 0 radical (unpaired) electrons. The van der Waals surface area contributed by atoms with Crippen molar-refractivity contribution in [3.63, 3.8) is 0 Å². The third-order valence-corrected chi connectivity index (χ3v) is 3.42. The molecule has 0 heterocycles. The van der Waals surface area contributed by atoms with Crippen LogP contribution in [0.5, 0.6) is 11.5 Å². The van der Waals surface area contributed by atoms with Gasteiger partial charge in [0.25, 0.3) is 0 Å². The molecule has 2 nitrogen and oxygen atoms in total. The van der Waals surface area contributed by atoms with E-state index in [-0.39, 0.29) is 4.75 Å². The zero-order valence-corrected chi connectivity index (χ0v) is 13.8. The fourth-order valence-corrected chi connectivity index (χ4v) is 2.10. The molecule has 0 saturated carbocycles. The van der Waals surface area contributed by atoms with E-state index in [1.807, 2.05) is 54.7 Å². The maximum atomic E-state index is 5.80. The van der Waals surface area contributed by atoms with Gasteiger partial charge in [-0.15, -0.1) is 0 Å². The van der Waals surface area contributed by atoms with Crippen molar-refractivity contribution in [1.82, 2.24) is 0 Å². The summed E-state index contributed by atoms with van der Waals surface area (Å²) in [5.41, 5.74) is 2.30. The molecule has 21 heavy (non-hydrogen) atoms. The van der Waals surface area contributed by atoms with E-state index < -0.39 is 0 Å². The molecule has 0 bridgehead atoms. The molecule has 0 aliphatic rings. The third kappa shape index (κ3) is 5.64. The molecular weight excluding hydrogens is 278 g/mol. The molecule has 0 aliphatic heterocycles. The number of hydrogen-bond donors (Lipinski definition) is 0. The van der Waals surface area contributed by atoms with Crippen LogP contribution in [0.25, 0.3) is 0 Å². The average Bonchev–Trinajstić information content (AvgIpc) is 2.42. The molecule has 0 aromatic heterocycles. The zero-order chi connectivity index (χ0) is 15.3. The van der Waals surface area contributed by atoms with Gasteiger partial charge in [-0.25, -0.2) is 4.40 Å². The summed E-state index contributed by atoms with van der Waals surface area (Å²) in [5, 5.41) is 0. The van der Waals surface area contributed by atoms with Crippen LogP contribution in [0.15, 0.2) is 52.9 Å². The van der Waals surface area contributed by atoms with Gasteiger partial charge >= 0.3 is 0 Å². The Morgan fingerprint density at radius 3 is 1.95 bits per heavy atom. The van der Waals surface area contributed by atoms with Crippen molar-refractivity contribution in [1.29, 1.82) is 0 Å². The fraction of sp³-hybridized carbons (Fsp3) is 0.278. The molecule has 0 unspecified atom stereocenters. The largest absolute Gasteiger partial charge is 0.457 e. The second-order valence-corrected chi connectivity index (χ2v) is 7.54. The fourth-order valence-electron chi connectivity index (χ4n) is 1.61. The van der Waals surface area contributed by atoms with Crippen molar-refractivity contribution in [3.8, 4) is 11.5 Å². The van der Waals surface area contributed by atoms with Gasteiger partial charge in [-0.1, -0.05) is 17.7 Å². The number of hydrogen-bond acceptors (Lipinski definition) is 3. The van der Waals surface area contributed by atoms with Crippen LogP contribution >= 0.6 is 11.9 Å². The highest BCUT2D eigenvalue weighted by molar-refractivity contribution is 7.99. The summed E-state index contributed by atoms with van der Waals surface area (Å²) in [6.07, 6.45) is 1.88. The number of rotatable bonds is 4. The third-order valence-electron chi connectivity index (χ3n) is 2.67. The molecule has 0 amide bonds. The molecule has 2 aromatic carbocycles. The van der Waals surface area contributed by atoms with E-state index in [1.54, 1.807) is 11.9 Å². The predicted octanol–water partition coefficient (Wildman–Crippen LogP) is 5.65. The first-order valence-corrected chi connectivity index (χ1v) is 7.76. The van der Waals surface area contributed by atoms with Crippen molar-refractivity contribution in [2.45, 2.75) is 32.4 Å². The summed E-state index contributed by atoms with van der Waals surface area (Å²) in [5.74, 6) is 1.68. The Kier molecular flexibility index (Phi) is 5.07. The molecule has 110 valence electrons. The summed E-state index contributed by atoms with van der Waals surface area (Å²) in [7, 11) is 0. The van der Waals surface area contributed by atoms with Crippen LogP contribution in [-0.2, 0) is 0 Å². The molecule has 0 atom stereocenters. The van der Waals surface area contributed by atoms with E-state index in [9.17, 15) is 0 Å². The quantitative estimate of drug-likeness (QED) is 0.537. The number of ether oxygens (including phenoxy) is 1. The maximum absolute atomic E-state index is 5.80. The van der Waals surface area contributed by atoms with Gasteiger partial charge in [-0.3, -0.25) is 0 Å². The summed E-state index contributed by atoms with van der Waals surface area (Å²) < 4.78 is 10.3. The van der Waals surface area contributed by atoms with E-state index in [1.165, 1.54) is 5.56 Å². The lowest BCUT2D eigenvalue weighted by molar-refractivity contribution is 0.482. The van der Waals surface area contributed by atoms with Gasteiger partial charge < -0.3 is 4.74 Å². The number of benzene rings is 2. The zero-order valence-electron chi connectivity index (χ0n) is 13.0. The second-order valence-electron chi connectivity index (χ2n) is 5.92. The van der Waals surface area contributed by atoms with Crippen molar-refractivity contribution in [2.75, 3.05) is 0 Å². The minimum absolute atomic E-state index is 0.144. The summed E-state index contributed by atoms with van der Waals surface area (Å²) in [6, 6.07) is 16.0. The van der Waals surface area contributed by atoms with Crippen LogP contribution in [0.3, 0.4) is 0 Å². The highest BCUT2D eigenvalue weighted by atomic mass is 32.2. The first kappa shape index (κ1) is 15.6. The molecular formula is C18H21NOS. The van der Waals surface area contributed by atoms with Crippen molar-refractivity contribution in [2.24, 2.45) is 4.40 Å². The first-order chi connectivity index (χ1) is 9.92. The van der Waals surface area contributed by atoms with Crippen LogP contribution in [0, 0.1) is 6.92 Å². The lowest BCUT2D eigenvalue weighted by Gasteiger charge is -2.12. The molecule has 2 aromatic rings. The van der Waals surface area contributed by atoms with E-state index >= 15 is 0 Å². The van der Waals surface area contributed by atoms with Crippen LogP contribution in [0.4, 0.5) is 0 Å². The summed E-state index contributed by atoms with van der Waals surface area (Å²) in [4.78, 5) is 0. The van der Waals surface area contributed by atoms with E-state index in [0.717, 1.165) is 17.1 Å².